The van der Waals surface area contributed by atoms with Gasteiger partial charge in [0.2, 0.25) is 0 Å². The number of nitrogens with two attached hydrogens (primary N) is 1. The van der Waals surface area contributed by atoms with Crippen molar-refractivity contribution in [2.45, 2.75) is 12.7 Å². The van der Waals surface area contributed by atoms with Crippen LogP contribution in [0.1, 0.15) is 21.6 Å². The molecule has 0 saturated carbocycles. The van der Waals surface area contributed by atoms with E-state index in [9.17, 15) is 18.0 Å². The molecule has 0 aliphatic heterocycles. The lowest BCUT2D eigenvalue weighted by Crippen LogP contribution is -2.24. The van der Waals surface area contributed by atoms with E-state index in [0.29, 0.717) is 5.56 Å². The monoisotopic (exact) mass is 296 g/mol. The summed E-state index contributed by atoms with van der Waals surface area (Å²) in [5, 5.41) is 2.46. The normalized spacial score (nSPS) is 11.2. The van der Waals surface area contributed by atoms with E-state index in [1.165, 1.54) is 24.5 Å². The third-order valence-electron chi connectivity index (χ3n) is 2.61. The maximum atomic E-state index is 12.6. The van der Waals surface area contributed by atoms with E-state index >= 15 is 0 Å². The lowest BCUT2D eigenvalue weighted by molar-refractivity contribution is -0.137. The van der Waals surface area contributed by atoms with Crippen molar-refractivity contribution in [2.75, 3.05) is 5.73 Å². The summed E-state index contributed by atoms with van der Waals surface area (Å²) in [6, 6.07) is 4.73. The first-order chi connectivity index (χ1) is 9.86. The van der Waals surface area contributed by atoms with E-state index in [0.717, 1.165) is 12.1 Å². The second-order valence-corrected chi connectivity index (χ2v) is 4.21. The van der Waals surface area contributed by atoms with Crippen LogP contribution in [-0.4, -0.2) is 15.9 Å². The van der Waals surface area contributed by atoms with Gasteiger partial charge in [-0.15, -0.1) is 0 Å². The van der Waals surface area contributed by atoms with Gasteiger partial charge in [-0.1, -0.05) is 12.1 Å². The minimum absolute atomic E-state index is 0.0381. The van der Waals surface area contributed by atoms with Crippen molar-refractivity contribution in [1.29, 1.82) is 0 Å². The Morgan fingerprint density at radius 3 is 2.62 bits per heavy atom. The maximum absolute atomic E-state index is 12.6. The number of hydrogen-bond acceptors (Lipinski definition) is 4. The Morgan fingerprint density at radius 2 is 2.00 bits per heavy atom. The molecule has 21 heavy (non-hydrogen) atoms. The number of carbonyl (C=O) groups excluding carboxylic acids is 1. The van der Waals surface area contributed by atoms with E-state index in [1.54, 1.807) is 0 Å². The molecule has 0 fully saturated rings. The zero-order valence-electron chi connectivity index (χ0n) is 10.7. The number of nitrogens with zero attached hydrogens (tertiary/aromatic N) is 2. The van der Waals surface area contributed by atoms with Gasteiger partial charge in [-0.3, -0.25) is 4.79 Å². The van der Waals surface area contributed by atoms with Gasteiger partial charge in [0, 0.05) is 6.54 Å². The summed E-state index contributed by atoms with van der Waals surface area (Å²) in [5.41, 5.74) is 4.95. The quantitative estimate of drug-likeness (QED) is 0.908. The zero-order valence-corrected chi connectivity index (χ0v) is 10.7. The molecule has 110 valence electrons. The summed E-state index contributed by atoms with van der Waals surface area (Å²) in [5.74, 6) is -0.371. The minimum Gasteiger partial charge on any atom is -0.382 e. The van der Waals surface area contributed by atoms with Crippen LogP contribution >= 0.6 is 0 Å². The summed E-state index contributed by atoms with van der Waals surface area (Å²) >= 11 is 0. The van der Waals surface area contributed by atoms with Crippen LogP contribution in [0.4, 0.5) is 19.0 Å². The molecule has 0 aliphatic carbocycles. The predicted molar refractivity (Wildman–Crippen MR) is 69.1 cm³/mol. The Bertz CT molecular complexity index is 641. The molecule has 8 heteroatoms. The average Bonchev–Trinajstić information content (AvgIpc) is 2.45. The number of aromatic nitrogens is 2. The van der Waals surface area contributed by atoms with Crippen molar-refractivity contribution >= 4 is 11.7 Å². The first-order valence-electron chi connectivity index (χ1n) is 5.88. The Balaban J connectivity index is 2.03. The van der Waals surface area contributed by atoms with E-state index < -0.39 is 17.6 Å². The summed E-state index contributed by atoms with van der Waals surface area (Å²) in [6.45, 7) is -0.0468. The fourth-order valence-corrected chi connectivity index (χ4v) is 1.59. The second kappa shape index (κ2) is 5.78. The van der Waals surface area contributed by atoms with Gasteiger partial charge in [0.25, 0.3) is 5.91 Å². The summed E-state index contributed by atoms with van der Waals surface area (Å²) in [4.78, 5) is 19.2. The van der Waals surface area contributed by atoms with Crippen LogP contribution in [0.2, 0.25) is 0 Å². The third-order valence-corrected chi connectivity index (χ3v) is 2.61. The first-order valence-corrected chi connectivity index (χ1v) is 5.88. The molecule has 0 spiro atoms. The molecule has 0 radical (unpaired) electrons. The third kappa shape index (κ3) is 3.91. The van der Waals surface area contributed by atoms with Crippen molar-refractivity contribution < 1.29 is 18.0 Å². The number of nitrogens with one attached hydrogen (secondary N) is 1. The molecule has 2 rings (SSSR count). The number of rotatable bonds is 3. The van der Waals surface area contributed by atoms with Crippen LogP contribution in [0.5, 0.6) is 0 Å². The van der Waals surface area contributed by atoms with Crippen molar-refractivity contribution in [1.82, 2.24) is 15.3 Å². The Labute approximate surface area is 118 Å². The minimum atomic E-state index is -4.41. The van der Waals surface area contributed by atoms with Crippen LogP contribution in [0.15, 0.2) is 36.7 Å². The Morgan fingerprint density at radius 1 is 1.24 bits per heavy atom. The zero-order chi connectivity index (χ0) is 15.5. The molecule has 0 saturated heterocycles. The molecule has 2 aromatic rings. The van der Waals surface area contributed by atoms with E-state index in [-0.39, 0.29) is 18.1 Å². The molecule has 0 unspecified atom stereocenters. The molecule has 5 nitrogen and oxygen atoms in total. The van der Waals surface area contributed by atoms with Gasteiger partial charge >= 0.3 is 6.18 Å². The van der Waals surface area contributed by atoms with Gasteiger partial charge in [-0.2, -0.15) is 13.2 Å². The highest BCUT2D eigenvalue weighted by Crippen LogP contribution is 2.29. The highest BCUT2D eigenvalue weighted by molar-refractivity contribution is 5.91. The molecule has 0 aliphatic rings. The van der Waals surface area contributed by atoms with Crippen LogP contribution < -0.4 is 11.1 Å². The van der Waals surface area contributed by atoms with Crippen molar-refractivity contribution in [3.8, 4) is 0 Å². The summed E-state index contributed by atoms with van der Waals surface area (Å²) in [6.07, 6.45) is -2.00. The molecule has 1 aromatic heterocycles. The number of amides is 1. The molecule has 1 aromatic carbocycles. The van der Waals surface area contributed by atoms with Gasteiger partial charge in [-0.05, 0) is 17.7 Å². The molecular formula is C13H11F3N4O. The van der Waals surface area contributed by atoms with Crippen LogP contribution in [0.3, 0.4) is 0 Å². The number of carbonyl (C=O) groups is 1. The smallest absolute Gasteiger partial charge is 0.382 e. The van der Waals surface area contributed by atoms with Crippen molar-refractivity contribution in [3.05, 3.63) is 53.5 Å². The number of benzene rings is 1. The second-order valence-electron chi connectivity index (χ2n) is 4.21. The topological polar surface area (TPSA) is 80.9 Å². The van der Waals surface area contributed by atoms with E-state index in [1.807, 2.05) is 0 Å². The van der Waals surface area contributed by atoms with Gasteiger partial charge in [0.05, 0.1) is 18.0 Å². The Kier molecular flexibility index (Phi) is 4.06. The highest BCUT2D eigenvalue weighted by atomic mass is 19.4. The van der Waals surface area contributed by atoms with Crippen molar-refractivity contribution in [3.63, 3.8) is 0 Å². The average molecular weight is 296 g/mol. The number of alkyl halides is 3. The summed E-state index contributed by atoms with van der Waals surface area (Å²) < 4.78 is 37.7. The number of hydrogen-bond donors (Lipinski definition) is 2. The maximum Gasteiger partial charge on any atom is 0.416 e. The van der Waals surface area contributed by atoms with Crippen LogP contribution in [0, 0.1) is 0 Å². The van der Waals surface area contributed by atoms with E-state index in [2.05, 4.69) is 15.3 Å². The fourth-order valence-electron chi connectivity index (χ4n) is 1.59. The van der Waals surface area contributed by atoms with E-state index in [4.69, 9.17) is 5.73 Å². The summed E-state index contributed by atoms with van der Waals surface area (Å²) in [7, 11) is 0. The molecule has 0 atom stereocenters. The molecule has 3 N–H and O–H groups in total. The van der Waals surface area contributed by atoms with Crippen LogP contribution in [0.25, 0.3) is 0 Å². The fraction of sp³-hybridized carbons (Fsp3) is 0.154. The van der Waals surface area contributed by atoms with Gasteiger partial charge in [-0.25, -0.2) is 9.97 Å². The number of halogens is 3. The van der Waals surface area contributed by atoms with Gasteiger partial charge in [0.15, 0.2) is 0 Å². The largest absolute Gasteiger partial charge is 0.416 e. The van der Waals surface area contributed by atoms with Gasteiger partial charge in [0.1, 0.15) is 11.5 Å². The van der Waals surface area contributed by atoms with Crippen LogP contribution in [-0.2, 0) is 12.7 Å². The lowest BCUT2D eigenvalue weighted by Gasteiger charge is -2.09. The molecule has 0 bridgehead atoms. The van der Waals surface area contributed by atoms with Gasteiger partial charge < -0.3 is 11.1 Å². The first kappa shape index (κ1) is 14.8. The molecule has 1 heterocycles. The van der Waals surface area contributed by atoms with Crippen molar-refractivity contribution in [2.24, 2.45) is 0 Å². The Hall–Kier alpha value is -2.64. The lowest BCUT2D eigenvalue weighted by atomic mass is 10.1. The standard InChI is InChI=1S/C13H11F3N4O/c14-13(15,16)9-3-1-2-8(4-9)5-20-12(21)10-6-19-11(17)7-18-10/h1-4,6-7H,5H2,(H2,17,19)(H,20,21). The molecular weight excluding hydrogens is 285 g/mol. The SMILES string of the molecule is Nc1cnc(C(=O)NCc2cccc(C(F)(F)F)c2)cn1. The number of anilines is 1. The number of nitrogen functional groups attached to an aromatic ring is 1. The molecule has 1 amide bonds. The predicted octanol–water partition coefficient (Wildman–Crippen LogP) is 2.01. The highest BCUT2D eigenvalue weighted by Gasteiger charge is 2.30.